The molecule has 1 aromatic heterocycles. The van der Waals surface area contributed by atoms with Gasteiger partial charge in [-0.05, 0) is 43.2 Å². The average molecular weight is 347 g/mol. The summed E-state index contributed by atoms with van der Waals surface area (Å²) in [4.78, 5) is 8.42. The van der Waals surface area contributed by atoms with Crippen LogP contribution in [0.2, 0.25) is 5.02 Å². The molecule has 2 unspecified atom stereocenters. The largest absolute Gasteiger partial charge is 0.386 e. The fourth-order valence-corrected chi connectivity index (χ4v) is 2.60. The summed E-state index contributed by atoms with van der Waals surface area (Å²) in [7, 11) is 0. The van der Waals surface area contributed by atoms with Gasteiger partial charge in [0.05, 0.1) is 18.7 Å². The first-order chi connectivity index (χ1) is 11.6. The number of hydrogen-bond acceptors (Lipinski definition) is 3. The van der Waals surface area contributed by atoms with Crippen LogP contribution < -0.4 is 10.6 Å². The maximum absolute atomic E-state index is 10.2. The minimum atomic E-state index is -0.668. The highest BCUT2D eigenvalue weighted by molar-refractivity contribution is 6.31. The van der Waals surface area contributed by atoms with E-state index in [0.717, 1.165) is 17.7 Å². The molecule has 0 aliphatic carbocycles. The Labute approximate surface area is 147 Å². The molecule has 0 bridgehead atoms. The van der Waals surface area contributed by atoms with Gasteiger partial charge in [0, 0.05) is 24.0 Å². The van der Waals surface area contributed by atoms with Gasteiger partial charge in [0.1, 0.15) is 0 Å². The highest BCUT2D eigenvalue weighted by atomic mass is 35.5. The van der Waals surface area contributed by atoms with E-state index in [4.69, 9.17) is 11.6 Å². The third-order valence-electron chi connectivity index (χ3n) is 3.58. The zero-order valence-electron chi connectivity index (χ0n) is 13.9. The number of guanidine groups is 1. The van der Waals surface area contributed by atoms with Crippen LogP contribution in [0.3, 0.4) is 0 Å². The number of hydrogen-bond donors (Lipinski definition) is 3. The van der Waals surface area contributed by atoms with Crippen molar-refractivity contribution in [1.29, 1.82) is 0 Å². The summed E-state index contributed by atoms with van der Waals surface area (Å²) in [6.07, 6.45) is 2.65. The number of rotatable bonds is 6. The lowest BCUT2D eigenvalue weighted by atomic mass is 10.1. The van der Waals surface area contributed by atoms with Gasteiger partial charge in [-0.3, -0.25) is 9.98 Å². The van der Waals surface area contributed by atoms with Gasteiger partial charge in [0.25, 0.3) is 0 Å². The summed E-state index contributed by atoms with van der Waals surface area (Å²) >= 11 is 6.24. The van der Waals surface area contributed by atoms with E-state index in [1.54, 1.807) is 24.5 Å². The van der Waals surface area contributed by atoms with Gasteiger partial charge >= 0.3 is 0 Å². The second-order valence-electron chi connectivity index (χ2n) is 5.40. The summed E-state index contributed by atoms with van der Waals surface area (Å²) in [6, 6.07) is 11.3. The summed E-state index contributed by atoms with van der Waals surface area (Å²) in [5.74, 6) is 0.637. The van der Waals surface area contributed by atoms with Crippen molar-refractivity contribution in [1.82, 2.24) is 15.6 Å². The first-order valence-electron chi connectivity index (χ1n) is 7.99. The standard InChI is InChI=1S/C18H23ClN4O/c1-3-21-18(22-12-17(24)14-8-10-20-11-9-14)23-13(2)15-6-4-5-7-16(15)19/h4-11,13,17,24H,3,12H2,1-2H3,(H2,21,22,23). The van der Waals surface area contributed by atoms with E-state index >= 15 is 0 Å². The molecule has 1 heterocycles. The van der Waals surface area contributed by atoms with Crippen LogP contribution in [0.15, 0.2) is 53.8 Å². The van der Waals surface area contributed by atoms with Crippen LogP contribution in [0.5, 0.6) is 0 Å². The van der Waals surface area contributed by atoms with Crippen LogP contribution >= 0.6 is 11.6 Å². The first-order valence-corrected chi connectivity index (χ1v) is 8.37. The van der Waals surface area contributed by atoms with Crippen molar-refractivity contribution in [3.63, 3.8) is 0 Å². The Hall–Kier alpha value is -2.11. The van der Waals surface area contributed by atoms with Crippen molar-refractivity contribution >= 4 is 17.6 Å². The Bertz CT molecular complexity index is 663. The van der Waals surface area contributed by atoms with Gasteiger partial charge in [-0.1, -0.05) is 29.8 Å². The molecule has 24 heavy (non-hydrogen) atoms. The van der Waals surface area contributed by atoms with E-state index in [9.17, 15) is 5.11 Å². The smallest absolute Gasteiger partial charge is 0.191 e. The second-order valence-corrected chi connectivity index (χ2v) is 5.81. The summed E-state index contributed by atoms with van der Waals surface area (Å²) in [5, 5.41) is 17.4. The maximum Gasteiger partial charge on any atom is 0.191 e. The quantitative estimate of drug-likeness (QED) is 0.555. The van der Waals surface area contributed by atoms with E-state index in [1.807, 2.05) is 38.1 Å². The molecule has 0 amide bonds. The molecular formula is C18H23ClN4O. The van der Waals surface area contributed by atoms with E-state index < -0.39 is 6.10 Å². The number of aromatic nitrogens is 1. The van der Waals surface area contributed by atoms with Crippen molar-refractivity contribution in [2.45, 2.75) is 26.0 Å². The predicted octanol–water partition coefficient (Wildman–Crippen LogP) is 3.08. The van der Waals surface area contributed by atoms with Gasteiger partial charge in [-0.25, -0.2) is 0 Å². The maximum atomic E-state index is 10.2. The summed E-state index contributed by atoms with van der Waals surface area (Å²) in [6.45, 7) is 5.00. The summed E-state index contributed by atoms with van der Waals surface area (Å²) < 4.78 is 0. The van der Waals surface area contributed by atoms with E-state index in [0.29, 0.717) is 11.0 Å². The zero-order valence-corrected chi connectivity index (χ0v) is 14.7. The lowest BCUT2D eigenvalue weighted by Crippen LogP contribution is -2.39. The van der Waals surface area contributed by atoms with Gasteiger partial charge in [0.15, 0.2) is 5.96 Å². The molecule has 3 N–H and O–H groups in total. The molecule has 0 spiro atoms. The van der Waals surface area contributed by atoms with Crippen LogP contribution in [0.4, 0.5) is 0 Å². The zero-order chi connectivity index (χ0) is 17.4. The molecule has 0 saturated heterocycles. The molecule has 0 aliphatic heterocycles. The molecule has 1 aromatic carbocycles. The van der Waals surface area contributed by atoms with Gasteiger partial charge in [-0.2, -0.15) is 0 Å². The Kier molecular flexibility index (Phi) is 7.03. The van der Waals surface area contributed by atoms with E-state index in [1.165, 1.54) is 0 Å². The minimum absolute atomic E-state index is 0.00503. The Morgan fingerprint density at radius 3 is 2.62 bits per heavy atom. The average Bonchev–Trinajstić information content (AvgIpc) is 2.60. The van der Waals surface area contributed by atoms with Crippen molar-refractivity contribution in [2.75, 3.05) is 13.1 Å². The second kappa shape index (κ2) is 9.25. The predicted molar refractivity (Wildman–Crippen MR) is 98.2 cm³/mol. The lowest BCUT2D eigenvalue weighted by Gasteiger charge is -2.19. The Balaban J connectivity index is 2.04. The van der Waals surface area contributed by atoms with Crippen molar-refractivity contribution < 1.29 is 5.11 Å². The molecule has 0 aliphatic rings. The third kappa shape index (κ3) is 5.22. The van der Waals surface area contributed by atoms with Crippen molar-refractivity contribution in [3.8, 4) is 0 Å². The van der Waals surface area contributed by atoms with Crippen LogP contribution in [-0.2, 0) is 0 Å². The highest BCUT2D eigenvalue weighted by Crippen LogP contribution is 2.22. The number of halogens is 1. The topological polar surface area (TPSA) is 69.5 Å². The highest BCUT2D eigenvalue weighted by Gasteiger charge is 2.12. The SMILES string of the molecule is CCNC(=NCC(O)c1ccncc1)NC(C)c1ccccc1Cl. The number of nitrogens with one attached hydrogen (secondary N) is 2. The third-order valence-corrected chi connectivity index (χ3v) is 3.93. The van der Waals surface area contributed by atoms with E-state index in [-0.39, 0.29) is 12.6 Å². The molecule has 2 aromatic rings. The number of aliphatic imine (C=N–C) groups is 1. The fourth-order valence-electron chi connectivity index (χ4n) is 2.30. The number of aliphatic hydroxyl groups excluding tert-OH is 1. The van der Waals surface area contributed by atoms with Crippen LogP contribution in [0.1, 0.15) is 37.1 Å². The number of benzene rings is 1. The minimum Gasteiger partial charge on any atom is -0.386 e. The number of nitrogens with zero attached hydrogens (tertiary/aromatic N) is 2. The fraction of sp³-hybridized carbons (Fsp3) is 0.333. The van der Waals surface area contributed by atoms with Gasteiger partial charge < -0.3 is 15.7 Å². The number of aliphatic hydroxyl groups is 1. The molecular weight excluding hydrogens is 324 g/mol. The van der Waals surface area contributed by atoms with Crippen LogP contribution in [0, 0.1) is 0 Å². The Morgan fingerprint density at radius 2 is 1.96 bits per heavy atom. The lowest BCUT2D eigenvalue weighted by molar-refractivity contribution is 0.187. The molecule has 128 valence electrons. The van der Waals surface area contributed by atoms with Gasteiger partial charge in [0.2, 0.25) is 0 Å². The Morgan fingerprint density at radius 1 is 1.25 bits per heavy atom. The number of pyridine rings is 1. The summed E-state index contributed by atoms with van der Waals surface area (Å²) in [5.41, 5.74) is 1.79. The van der Waals surface area contributed by atoms with Gasteiger partial charge in [-0.15, -0.1) is 0 Å². The van der Waals surface area contributed by atoms with Crippen LogP contribution in [0.25, 0.3) is 0 Å². The van der Waals surface area contributed by atoms with Crippen molar-refractivity contribution in [2.24, 2.45) is 4.99 Å². The van der Waals surface area contributed by atoms with Crippen LogP contribution in [-0.4, -0.2) is 29.1 Å². The first kappa shape index (κ1) is 18.2. The molecule has 0 fully saturated rings. The normalized spacial score (nSPS) is 14.1. The van der Waals surface area contributed by atoms with E-state index in [2.05, 4.69) is 20.6 Å². The molecule has 5 nitrogen and oxygen atoms in total. The van der Waals surface area contributed by atoms with Crippen molar-refractivity contribution in [3.05, 3.63) is 64.9 Å². The molecule has 0 radical (unpaired) electrons. The molecule has 0 saturated carbocycles. The molecule has 2 atom stereocenters. The molecule has 2 rings (SSSR count). The monoisotopic (exact) mass is 346 g/mol. The molecule has 6 heteroatoms.